The van der Waals surface area contributed by atoms with Crippen molar-refractivity contribution in [1.82, 2.24) is 15.0 Å². The summed E-state index contributed by atoms with van der Waals surface area (Å²) in [7, 11) is 0. The Balaban J connectivity index is 1.45. The van der Waals surface area contributed by atoms with Crippen LogP contribution in [0.1, 0.15) is 30.4 Å². The van der Waals surface area contributed by atoms with Crippen molar-refractivity contribution < 1.29 is 9.84 Å². The number of nitrogens with one attached hydrogen (secondary N) is 1. The lowest BCUT2D eigenvalue weighted by atomic mass is 10.0. The molecule has 1 aliphatic rings. The van der Waals surface area contributed by atoms with Gasteiger partial charge in [-0.15, -0.1) is 11.3 Å². The van der Waals surface area contributed by atoms with E-state index in [2.05, 4.69) is 39.1 Å². The van der Waals surface area contributed by atoms with Crippen molar-refractivity contribution in [1.29, 1.82) is 0 Å². The third-order valence-corrected chi connectivity index (χ3v) is 6.56. The van der Waals surface area contributed by atoms with Crippen molar-refractivity contribution in [2.75, 3.05) is 24.6 Å². The van der Waals surface area contributed by atoms with Crippen LogP contribution in [0.2, 0.25) is 0 Å². The van der Waals surface area contributed by atoms with Crippen LogP contribution in [-0.4, -0.2) is 39.8 Å². The fourth-order valence-corrected chi connectivity index (χ4v) is 4.66. The fourth-order valence-electron chi connectivity index (χ4n) is 3.69. The number of nitrogens with zero attached hydrogens (tertiary/aromatic N) is 3. The molecule has 144 valence electrons. The molecule has 1 atom stereocenters. The summed E-state index contributed by atoms with van der Waals surface area (Å²) < 4.78 is 7.08. The maximum absolute atomic E-state index is 10.3. The van der Waals surface area contributed by atoms with Gasteiger partial charge in [-0.05, 0) is 37.6 Å². The number of H-pyrrole nitrogens is 1. The summed E-state index contributed by atoms with van der Waals surface area (Å²) in [5.41, 5.74) is 2.31. The summed E-state index contributed by atoms with van der Waals surface area (Å²) in [5.74, 6) is 0.710. The second-order valence-electron chi connectivity index (χ2n) is 7.68. The molecule has 0 bridgehead atoms. The molecule has 7 heteroatoms. The maximum Gasteiger partial charge on any atom is 0.226 e. The van der Waals surface area contributed by atoms with Gasteiger partial charge in [0, 0.05) is 28.5 Å². The third kappa shape index (κ3) is 3.05. The highest BCUT2D eigenvalue weighted by atomic mass is 32.1. The minimum Gasteiger partial charge on any atom is -0.385 e. The molecule has 1 aromatic carbocycles. The van der Waals surface area contributed by atoms with Crippen LogP contribution in [0.25, 0.3) is 21.1 Å². The zero-order valence-electron chi connectivity index (χ0n) is 15.8. The normalized spacial score (nSPS) is 18.2. The Morgan fingerprint density at radius 1 is 1.32 bits per heavy atom. The molecule has 1 saturated heterocycles. The van der Waals surface area contributed by atoms with Gasteiger partial charge < -0.3 is 19.7 Å². The standard InChI is InChI=1S/C21H22N4O2S/c1-21(2,26)19-10-16-18(28-19)11-23-20(24-16)25-8-9-27-17(12-25)14-4-3-5-15-13(14)6-7-22-15/h3-7,10-11,17,22,26H,8-9,12H2,1-2H3. The van der Waals surface area contributed by atoms with E-state index >= 15 is 0 Å². The molecular formula is C21H22N4O2S. The van der Waals surface area contributed by atoms with Crippen LogP contribution in [0.4, 0.5) is 5.95 Å². The number of benzene rings is 1. The number of ether oxygens (including phenoxy) is 1. The Bertz CT molecular complexity index is 1140. The molecule has 0 saturated carbocycles. The number of aliphatic hydroxyl groups is 1. The van der Waals surface area contributed by atoms with Crippen molar-refractivity contribution in [3.8, 4) is 0 Å². The van der Waals surface area contributed by atoms with Crippen molar-refractivity contribution in [3.05, 3.63) is 53.2 Å². The quantitative estimate of drug-likeness (QED) is 0.550. The molecule has 1 aliphatic heterocycles. The van der Waals surface area contributed by atoms with Gasteiger partial charge in [-0.25, -0.2) is 9.97 Å². The van der Waals surface area contributed by atoms with Crippen molar-refractivity contribution in [2.45, 2.75) is 25.6 Å². The number of thiophene rings is 1. The fraction of sp³-hybridized carbons (Fsp3) is 0.333. The Morgan fingerprint density at radius 2 is 2.21 bits per heavy atom. The van der Waals surface area contributed by atoms with E-state index in [1.165, 1.54) is 22.3 Å². The number of hydrogen-bond donors (Lipinski definition) is 2. The van der Waals surface area contributed by atoms with Crippen molar-refractivity contribution >= 4 is 38.4 Å². The maximum atomic E-state index is 10.3. The van der Waals surface area contributed by atoms with Crippen LogP contribution in [0.3, 0.4) is 0 Å². The van der Waals surface area contributed by atoms with E-state index < -0.39 is 5.60 Å². The zero-order valence-corrected chi connectivity index (χ0v) is 16.7. The van der Waals surface area contributed by atoms with E-state index in [0.29, 0.717) is 19.1 Å². The first-order chi connectivity index (χ1) is 13.5. The number of aromatic nitrogens is 3. The average molecular weight is 395 g/mol. The second kappa shape index (κ2) is 6.55. The number of morpholine rings is 1. The minimum absolute atomic E-state index is 0.0260. The second-order valence-corrected chi connectivity index (χ2v) is 8.76. The van der Waals surface area contributed by atoms with Crippen LogP contribution >= 0.6 is 11.3 Å². The molecule has 0 amide bonds. The highest BCUT2D eigenvalue weighted by Crippen LogP contribution is 2.34. The van der Waals surface area contributed by atoms with Crippen molar-refractivity contribution in [2.24, 2.45) is 0 Å². The number of rotatable bonds is 3. The Labute approximate surface area is 166 Å². The Morgan fingerprint density at radius 3 is 3.07 bits per heavy atom. The molecular weight excluding hydrogens is 372 g/mol. The van der Waals surface area contributed by atoms with E-state index in [4.69, 9.17) is 9.72 Å². The summed E-state index contributed by atoms with van der Waals surface area (Å²) in [6.07, 6.45) is 3.79. The van der Waals surface area contributed by atoms with Gasteiger partial charge in [0.2, 0.25) is 5.95 Å². The van der Waals surface area contributed by atoms with Gasteiger partial charge in [0.15, 0.2) is 0 Å². The molecule has 1 fully saturated rings. The lowest BCUT2D eigenvalue weighted by Crippen LogP contribution is -2.39. The Hall–Kier alpha value is -2.48. The summed E-state index contributed by atoms with van der Waals surface area (Å²) >= 11 is 1.54. The van der Waals surface area contributed by atoms with E-state index in [1.807, 2.05) is 18.5 Å². The van der Waals surface area contributed by atoms with Gasteiger partial charge in [-0.1, -0.05) is 12.1 Å². The van der Waals surface area contributed by atoms with E-state index in [9.17, 15) is 5.11 Å². The predicted molar refractivity (Wildman–Crippen MR) is 112 cm³/mol. The summed E-state index contributed by atoms with van der Waals surface area (Å²) in [5, 5.41) is 11.5. The first-order valence-corrected chi connectivity index (χ1v) is 10.2. The predicted octanol–water partition coefficient (Wildman–Crippen LogP) is 3.98. The van der Waals surface area contributed by atoms with Crippen LogP contribution in [0.5, 0.6) is 0 Å². The lowest BCUT2D eigenvalue weighted by molar-refractivity contribution is 0.0402. The van der Waals surface area contributed by atoms with E-state index in [1.54, 1.807) is 13.8 Å². The van der Waals surface area contributed by atoms with E-state index in [-0.39, 0.29) is 6.10 Å². The topological polar surface area (TPSA) is 74.3 Å². The summed E-state index contributed by atoms with van der Waals surface area (Å²) in [4.78, 5) is 15.7. The molecule has 3 aromatic heterocycles. The molecule has 0 spiro atoms. The first-order valence-electron chi connectivity index (χ1n) is 9.41. The largest absolute Gasteiger partial charge is 0.385 e. The zero-order chi connectivity index (χ0) is 19.3. The third-order valence-electron chi connectivity index (χ3n) is 5.19. The SMILES string of the molecule is CC(C)(O)c1cc2nc(N3CCOC(c4cccc5[nH]ccc45)C3)ncc2s1. The average Bonchev–Trinajstić information content (AvgIpc) is 3.33. The minimum atomic E-state index is -0.870. The smallest absolute Gasteiger partial charge is 0.226 e. The first kappa shape index (κ1) is 17.6. The number of fused-ring (bicyclic) bond motifs is 2. The number of anilines is 1. The summed E-state index contributed by atoms with van der Waals surface area (Å²) in [6, 6.07) is 10.3. The molecule has 4 heterocycles. The number of hydrogen-bond acceptors (Lipinski definition) is 6. The van der Waals surface area contributed by atoms with Gasteiger partial charge >= 0.3 is 0 Å². The van der Waals surface area contributed by atoms with Crippen LogP contribution in [0.15, 0.2) is 42.7 Å². The van der Waals surface area contributed by atoms with Gasteiger partial charge in [0.25, 0.3) is 0 Å². The molecule has 6 nitrogen and oxygen atoms in total. The van der Waals surface area contributed by atoms with Gasteiger partial charge in [-0.2, -0.15) is 0 Å². The van der Waals surface area contributed by atoms with Crippen LogP contribution in [-0.2, 0) is 10.3 Å². The monoisotopic (exact) mass is 394 g/mol. The van der Waals surface area contributed by atoms with Crippen LogP contribution in [0, 0.1) is 0 Å². The molecule has 5 rings (SSSR count). The molecule has 0 radical (unpaired) electrons. The lowest BCUT2D eigenvalue weighted by Gasteiger charge is -2.33. The van der Waals surface area contributed by atoms with E-state index in [0.717, 1.165) is 27.2 Å². The molecule has 4 aromatic rings. The highest BCUT2D eigenvalue weighted by Gasteiger charge is 2.26. The molecule has 2 N–H and O–H groups in total. The molecule has 0 aliphatic carbocycles. The van der Waals surface area contributed by atoms with Crippen molar-refractivity contribution in [3.63, 3.8) is 0 Å². The number of aromatic amines is 1. The highest BCUT2D eigenvalue weighted by molar-refractivity contribution is 7.19. The van der Waals surface area contributed by atoms with Gasteiger partial charge in [0.1, 0.15) is 6.10 Å². The Kier molecular flexibility index (Phi) is 4.12. The van der Waals surface area contributed by atoms with Gasteiger partial charge in [0.05, 0.1) is 35.2 Å². The molecule has 1 unspecified atom stereocenters. The summed E-state index contributed by atoms with van der Waals surface area (Å²) in [6.45, 7) is 5.68. The molecule has 28 heavy (non-hydrogen) atoms. The van der Waals surface area contributed by atoms with Gasteiger partial charge in [-0.3, -0.25) is 0 Å². The van der Waals surface area contributed by atoms with Crippen LogP contribution < -0.4 is 4.90 Å².